The Labute approximate surface area is 227 Å². The van der Waals surface area contributed by atoms with Gasteiger partial charge in [0.25, 0.3) is 5.91 Å². The Bertz CT molecular complexity index is 1450. The predicted octanol–water partition coefficient (Wildman–Crippen LogP) is 7.13. The van der Waals surface area contributed by atoms with Crippen LogP contribution in [-0.2, 0) is 17.9 Å². The van der Waals surface area contributed by atoms with Gasteiger partial charge in [0.2, 0.25) is 0 Å². The maximum Gasteiger partial charge on any atom is 0.267 e. The average molecular weight is 572 g/mol. The van der Waals surface area contributed by atoms with E-state index in [1.807, 2.05) is 91.0 Å². The van der Waals surface area contributed by atoms with Gasteiger partial charge in [0.1, 0.15) is 18.1 Å². The van der Waals surface area contributed by atoms with Crippen LogP contribution in [0.1, 0.15) is 22.5 Å². The van der Waals surface area contributed by atoms with Crippen molar-refractivity contribution in [2.24, 2.45) is 10.2 Å². The second-order valence-corrected chi connectivity index (χ2v) is 10.0. The number of hydrogen-bond acceptors (Lipinski definition) is 6. The highest BCUT2D eigenvalue weighted by Crippen LogP contribution is 2.34. The number of carbonyl (C=O) groups is 1. The Kier molecular flexibility index (Phi) is 7.98. The van der Waals surface area contributed by atoms with Crippen molar-refractivity contribution < 1.29 is 13.9 Å². The fraction of sp³-hybridized carbons (Fsp3) is 0.0690. The molecule has 4 aromatic rings. The number of furan rings is 1. The minimum absolute atomic E-state index is 0.158. The summed E-state index contributed by atoms with van der Waals surface area (Å²) in [6.45, 7) is 0.738. The largest absolute Gasteiger partial charge is 0.489 e. The number of halogens is 1. The normalized spacial score (nSPS) is 15.8. The minimum Gasteiger partial charge on any atom is -0.489 e. The number of rotatable bonds is 8. The third-order valence-corrected chi connectivity index (χ3v) is 6.93. The minimum atomic E-state index is -0.158. The van der Waals surface area contributed by atoms with Crippen molar-refractivity contribution in [3.05, 3.63) is 129 Å². The van der Waals surface area contributed by atoms with Gasteiger partial charge in [-0.05, 0) is 70.9 Å². The zero-order valence-electron chi connectivity index (χ0n) is 19.7. The molecule has 1 fully saturated rings. The fourth-order valence-corrected chi connectivity index (χ4v) is 4.76. The van der Waals surface area contributed by atoms with Crippen LogP contribution in [0.2, 0.25) is 0 Å². The number of carbonyl (C=O) groups excluding carboxylic acids is 1. The van der Waals surface area contributed by atoms with Crippen LogP contribution >= 0.6 is 27.7 Å². The van der Waals surface area contributed by atoms with E-state index in [1.165, 1.54) is 11.8 Å². The van der Waals surface area contributed by atoms with Crippen LogP contribution in [0.3, 0.4) is 0 Å². The van der Waals surface area contributed by atoms with Gasteiger partial charge in [-0.2, -0.15) is 5.10 Å². The summed E-state index contributed by atoms with van der Waals surface area (Å²) in [6.07, 6.45) is 5.09. The van der Waals surface area contributed by atoms with E-state index >= 15 is 0 Å². The summed E-state index contributed by atoms with van der Waals surface area (Å²) in [6, 6.07) is 29.0. The van der Waals surface area contributed by atoms with E-state index in [9.17, 15) is 4.79 Å². The van der Waals surface area contributed by atoms with Gasteiger partial charge in [0.05, 0.1) is 23.9 Å². The van der Waals surface area contributed by atoms with Crippen molar-refractivity contribution in [1.29, 1.82) is 0 Å². The van der Waals surface area contributed by atoms with Gasteiger partial charge in [-0.15, -0.1) is 5.10 Å². The summed E-state index contributed by atoms with van der Waals surface area (Å²) < 4.78 is 12.4. The first-order valence-electron chi connectivity index (χ1n) is 11.5. The molecule has 184 valence electrons. The Morgan fingerprint density at radius 3 is 2.57 bits per heavy atom. The number of amides is 1. The van der Waals surface area contributed by atoms with E-state index in [0.29, 0.717) is 22.4 Å². The first-order chi connectivity index (χ1) is 18.1. The van der Waals surface area contributed by atoms with Gasteiger partial charge >= 0.3 is 0 Å². The zero-order valence-corrected chi connectivity index (χ0v) is 22.1. The van der Waals surface area contributed by atoms with Gasteiger partial charge in [0.15, 0.2) is 5.17 Å². The smallest absolute Gasteiger partial charge is 0.267 e. The second-order valence-electron chi connectivity index (χ2n) is 8.11. The Balaban J connectivity index is 1.36. The molecule has 0 saturated carbocycles. The molecule has 0 bridgehead atoms. The number of hydrogen-bond donors (Lipinski definition) is 0. The average Bonchev–Trinajstić information content (AvgIpc) is 3.54. The molecular formula is C29H22BrN3O3S. The van der Waals surface area contributed by atoms with E-state index in [4.69, 9.17) is 9.15 Å². The van der Waals surface area contributed by atoms with Crippen molar-refractivity contribution >= 4 is 51.1 Å². The topological polar surface area (TPSA) is 67.4 Å². The lowest BCUT2D eigenvalue weighted by Crippen LogP contribution is -2.28. The lowest BCUT2D eigenvalue weighted by molar-refractivity contribution is -0.122. The molecule has 8 heteroatoms. The first-order valence-corrected chi connectivity index (χ1v) is 13.1. The van der Waals surface area contributed by atoms with Crippen molar-refractivity contribution in [2.75, 3.05) is 0 Å². The maximum absolute atomic E-state index is 13.3. The number of thioether (sulfide) groups is 1. The Hall–Kier alpha value is -3.88. The Morgan fingerprint density at radius 2 is 1.78 bits per heavy atom. The van der Waals surface area contributed by atoms with Crippen molar-refractivity contribution in [1.82, 2.24) is 4.90 Å². The van der Waals surface area contributed by atoms with E-state index in [1.54, 1.807) is 23.4 Å². The molecule has 2 heterocycles. The third-order valence-electron chi connectivity index (χ3n) is 5.41. The summed E-state index contributed by atoms with van der Waals surface area (Å²) in [4.78, 5) is 15.5. The highest BCUT2D eigenvalue weighted by atomic mass is 79.9. The van der Waals surface area contributed by atoms with Crippen LogP contribution < -0.4 is 4.74 Å². The molecule has 0 N–H and O–H groups in total. The number of amidine groups is 1. The highest BCUT2D eigenvalue weighted by molar-refractivity contribution is 9.10. The molecule has 0 unspecified atom stereocenters. The number of benzene rings is 3. The molecule has 0 aliphatic carbocycles. The van der Waals surface area contributed by atoms with E-state index < -0.39 is 0 Å². The van der Waals surface area contributed by atoms with Gasteiger partial charge in [-0.25, -0.2) is 0 Å². The molecule has 5 rings (SSSR count). The number of nitrogens with zero attached hydrogens (tertiary/aromatic N) is 3. The summed E-state index contributed by atoms with van der Waals surface area (Å²) in [7, 11) is 0. The Morgan fingerprint density at radius 1 is 0.946 bits per heavy atom. The van der Waals surface area contributed by atoms with Crippen molar-refractivity contribution in [2.45, 2.75) is 13.2 Å². The first kappa shape index (κ1) is 24.8. The lowest BCUT2D eigenvalue weighted by Gasteiger charge is -2.12. The fourth-order valence-electron chi connectivity index (χ4n) is 3.56. The monoisotopic (exact) mass is 571 g/mol. The van der Waals surface area contributed by atoms with E-state index in [0.717, 1.165) is 26.9 Å². The highest BCUT2D eigenvalue weighted by Gasteiger charge is 2.34. The third kappa shape index (κ3) is 6.67. The lowest BCUT2D eigenvalue weighted by atomic mass is 10.2. The summed E-state index contributed by atoms with van der Waals surface area (Å²) in [5.74, 6) is 1.24. The quantitative estimate of drug-likeness (QED) is 0.128. The summed E-state index contributed by atoms with van der Waals surface area (Å²) in [5.41, 5.74) is 2.85. The molecule has 1 amide bonds. The van der Waals surface area contributed by atoms with Crippen molar-refractivity contribution in [3.8, 4) is 5.75 Å². The number of ether oxygens (including phenoxy) is 1. The maximum atomic E-state index is 13.3. The molecule has 3 aromatic carbocycles. The van der Waals surface area contributed by atoms with Gasteiger partial charge in [0, 0.05) is 4.47 Å². The SMILES string of the molecule is O=C1/C(=C/c2cccc(OCc3ccccc3)c2)S/C(=N/N=C\c2ccc(Br)cc2)N1Cc1ccco1. The molecule has 0 radical (unpaired) electrons. The molecule has 1 aromatic heterocycles. The van der Waals surface area contributed by atoms with Crippen LogP contribution in [0, 0.1) is 0 Å². The van der Waals surface area contributed by atoms with Gasteiger partial charge in [-0.3, -0.25) is 9.69 Å². The van der Waals surface area contributed by atoms with Crippen LogP contribution in [-0.4, -0.2) is 22.2 Å². The zero-order chi connectivity index (χ0) is 25.5. The van der Waals surface area contributed by atoms with Crippen LogP contribution in [0.25, 0.3) is 6.08 Å². The van der Waals surface area contributed by atoms with E-state index in [2.05, 4.69) is 26.1 Å². The van der Waals surface area contributed by atoms with Crippen LogP contribution in [0.4, 0.5) is 0 Å². The van der Waals surface area contributed by atoms with Crippen LogP contribution in [0.15, 0.2) is 121 Å². The molecule has 6 nitrogen and oxygen atoms in total. The molecule has 1 saturated heterocycles. The van der Waals surface area contributed by atoms with Gasteiger partial charge in [-0.1, -0.05) is 70.5 Å². The molecule has 37 heavy (non-hydrogen) atoms. The second kappa shape index (κ2) is 11.9. The molecule has 0 atom stereocenters. The summed E-state index contributed by atoms with van der Waals surface area (Å²) in [5, 5.41) is 9.08. The van der Waals surface area contributed by atoms with E-state index in [-0.39, 0.29) is 12.5 Å². The molecule has 1 aliphatic heterocycles. The molecule has 1 aliphatic rings. The molecular weight excluding hydrogens is 550 g/mol. The standard InChI is InChI=1S/C29H22BrN3O3S/c30-24-13-11-21(12-14-24)18-31-32-29-33(19-26-10-5-15-35-26)28(34)27(37-29)17-23-8-4-9-25(16-23)36-20-22-6-2-1-3-7-22/h1-18H,19-20H2/b27-17-,31-18-,32-29+. The summed E-state index contributed by atoms with van der Waals surface area (Å²) >= 11 is 4.71. The predicted molar refractivity (Wildman–Crippen MR) is 151 cm³/mol. The van der Waals surface area contributed by atoms with Crippen molar-refractivity contribution in [3.63, 3.8) is 0 Å². The molecule has 0 spiro atoms. The van der Waals surface area contributed by atoms with Gasteiger partial charge < -0.3 is 9.15 Å². The van der Waals surface area contributed by atoms with Crippen LogP contribution in [0.5, 0.6) is 5.75 Å².